The Morgan fingerprint density at radius 3 is 0.921 bits per heavy atom. The second-order valence-electron chi connectivity index (χ2n) is 17.1. The zero-order valence-electron chi connectivity index (χ0n) is 41.1. The van der Waals surface area contributed by atoms with Crippen LogP contribution in [0.2, 0.25) is 0 Å². The summed E-state index contributed by atoms with van der Waals surface area (Å²) in [5.74, 6) is -0.970. The molecule has 0 rings (SSSR count). The van der Waals surface area contributed by atoms with Crippen molar-refractivity contribution < 1.29 is 28.6 Å². The van der Waals surface area contributed by atoms with Crippen molar-refractivity contribution in [1.29, 1.82) is 0 Å². The largest absolute Gasteiger partial charge is 0.462 e. The Kier molecular flexibility index (Phi) is 48.5. The van der Waals surface area contributed by atoms with Gasteiger partial charge in [0.2, 0.25) is 0 Å². The quantitative estimate of drug-likeness (QED) is 0.0262. The molecule has 0 aliphatic carbocycles. The normalized spacial score (nSPS) is 12.7. The molecular formula is C57H96O6. The second kappa shape index (κ2) is 51.2. The van der Waals surface area contributed by atoms with Crippen molar-refractivity contribution in [1.82, 2.24) is 0 Å². The number of rotatable bonds is 46. The van der Waals surface area contributed by atoms with Gasteiger partial charge in [-0.2, -0.15) is 0 Å². The lowest BCUT2D eigenvalue weighted by Crippen LogP contribution is -2.30. The van der Waals surface area contributed by atoms with E-state index in [-0.39, 0.29) is 31.1 Å². The lowest BCUT2D eigenvalue weighted by atomic mass is 10.1. The van der Waals surface area contributed by atoms with Crippen LogP contribution in [0.15, 0.2) is 85.1 Å². The van der Waals surface area contributed by atoms with Crippen molar-refractivity contribution in [2.45, 2.75) is 245 Å². The van der Waals surface area contributed by atoms with E-state index in [4.69, 9.17) is 14.2 Å². The van der Waals surface area contributed by atoms with Gasteiger partial charge in [-0.05, 0) is 122 Å². The molecule has 0 saturated carbocycles. The van der Waals surface area contributed by atoms with Gasteiger partial charge in [-0.25, -0.2) is 0 Å². The highest BCUT2D eigenvalue weighted by molar-refractivity contribution is 5.71. The topological polar surface area (TPSA) is 78.9 Å². The summed E-state index contributed by atoms with van der Waals surface area (Å²) in [7, 11) is 0. The fraction of sp³-hybridized carbons (Fsp3) is 0.702. The molecule has 0 radical (unpaired) electrons. The summed E-state index contributed by atoms with van der Waals surface area (Å²) < 4.78 is 16.7. The van der Waals surface area contributed by atoms with E-state index in [1.54, 1.807) is 0 Å². The standard InChI is InChI=1S/C57H96O6/c1-4-7-10-13-16-19-22-25-28-31-34-37-40-43-46-49-55(58)61-52-54(63-57(60)51-48-45-42-39-36-33-30-27-24-21-18-15-12-9-6-3)53-62-56(59)50-47-44-41-38-35-32-29-26-23-20-17-14-11-8-5-2/h16-21,25-30,34,37,54H,4-15,22-24,31-33,35-36,38-53H2,1-3H3. The first-order chi connectivity index (χ1) is 31.0. The number of esters is 3. The van der Waals surface area contributed by atoms with Gasteiger partial charge in [0.25, 0.3) is 0 Å². The predicted octanol–water partition coefficient (Wildman–Crippen LogP) is 17.2. The third kappa shape index (κ3) is 49.5. The van der Waals surface area contributed by atoms with Crippen molar-refractivity contribution >= 4 is 17.9 Å². The number of carbonyl (C=O) groups is 3. The van der Waals surface area contributed by atoms with Crippen molar-refractivity contribution in [2.24, 2.45) is 0 Å². The van der Waals surface area contributed by atoms with Crippen molar-refractivity contribution in [3.63, 3.8) is 0 Å². The Morgan fingerprint density at radius 1 is 0.317 bits per heavy atom. The molecule has 6 heteroatoms. The number of unbranched alkanes of at least 4 members (excludes halogenated alkanes) is 21. The van der Waals surface area contributed by atoms with Crippen LogP contribution in [0.5, 0.6) is 0 Å². The Hall–Kier alpha value is -3.41. The van der Waals surface area contributed by atoms with Crippen LogP contribution in [0, 0.1) is 0 Å². The molecule has 1 atom stereocenters. The maximum Gasteiger partial charge on any atom is 0.306 e. The van der Waals surface area contributed by atoms with Crippen molar-refractivity contribution in [3.05, 3.63) is 85.1 Å². The van der Waals surface area contributed by atoms with E-state index in [1.165, 1.54) is 77.0 Å². The van der Waals surface area contributed by atoms with Crippen LogP contribution in [-0.4, -0.2) is 37.2 Å². The molecule has 0 spiro atoms. The molecule has 360 valence electrons. The monoisotopic (exact) mass is 877 g/mol. The van der Waals surface area contributed by atoms with Crippen LogP contribution >= 0.6 is 0 Å². The molecule has 0 aromatic heterocycles. The highest BCUT2D eigenvalue weighted by Crippen LogP contribution is 2.13. The maximum absolute atomic E-state index is 12.8. The molecule has 0 aromatic carbocycles. The SMILES string of the molecule is CCCCCC=CCC=CCC=CCCCCC(=O)OCC(COC(=O)CCCCCCCC=CCC=CCCCCC)OC(=O)CCCCCCCC=CCC=CCCCCC. The summed E-state index contributed by atoms with van der Waals surface area (Å²) >= 11 is 0. The predicted molar refractivity (Wildman–Crippen MR) is 270 cm³/mol. The average Bonchev–Trinajstić information content (AvgIpc) is 3.28. The fourth-order valence-corrected chi connectivity index (χ4v) is 6.86. The summed E-state index contributed by atoms with van der Waals surface area (Å²) in [6.45, 7) is 6.49. The third-order valence-corrected chi connectivity index (χ3v) is 10.8. The third-order valence-electron chi connectivity index (χ3n) is 10.8. The number of hydrogen-bond acceptors (Lipinski definition) is 6. The summed E-state index contributed by atoms with van der Waals surface area (Å²) in [6.07, 6.45) is 65.6. The van der Waals surface area contributed by atoms with Gasteiger partial charge >= 0.3 is 17.9 Å². The number of allylic oxidation sites excluding steroid dienone is 14. The molecule has 1 unspecified atom stereocenters. The van der Waals surface area contributed by atoms with Crippen LogP contribution in [0.1, 0.15) is 239 Å². The van der Waals surface area contributed by atoms with Crippen LogP contribution in [0.4, 0.5) is 0 Å². The van der Waals surface area contributed by atoms with Crippen molar-refractivity contribution in [3.8, 4) is 0 Å². The second-order valence-corrected chi connectivity index (χ2v) is 17.1. The lowest BCUT2D eigenvalue weighted by Gasteiger charge is -2.18. The molecule has 0 bridgehead atoms. The number of carbonyl (C=O) groups excluding carboxylic acids is 3. The zero-order chi connectivity index (χ0) is 45.8. The van der Waals surface area contributed by atoms with E-state index in [0.29, 0.717) is 19.3 Å². The van der Waals surface area contributed by atoms with Gasteiger partial charge < -0.3 is 14.2 Å². The van der Waals surface area contributed by atoms with Crippen LogP contribution in [-0.2, 0) is 28.6 Å². The highest BCUT2D eigenvalue weighted by Gasteiger charge is 2.19. The summed E-state index contributed by atoms with van der Waals surface area (Å²) in [5.41, 5.74) is 0. The molecule has 0 aliphatic rings. The molecule has 6 nitrogen and oxygen atoms in total. The minimum atomic E-state index is -0.805. The van der Waals surface area contributed by atoms with E-state index in [2.05, 4.69) is 106 Å². The average molecular weight is 877 g/mol. The molecule has 0 aliphatic heterocycles. The van der Waals surface area contributed by atoms with E-state index in [1.807, 2.05) is 0 Å². The minimum Gasteiger partial charge on any atom is -0.462 e. The van der Waals surface area contributed by atoms with E-state index in [0.717, 1.165) is 122 Å². The van der Waals surface area contributed by atoms with Gasteiger partial charge in [-0.15, -0.1) is 0 Å². The summed E-state index contributed by atoms with van der Waals surface area (Å²) in [6, 6.07) is 0. The van der Waals surface area contributed by atoms with Gasteiger partial charge in [0.1, 0.15) is 13.2 Å². The van der Waals surface area contributed by atoms with E-state index < -0.39 is 6.10 Å². The first-order valence-electron chi connectivity index (χ1n) is 26.1. The molecule has 0 N–H and O–H groups in total. The first kappa shape index (κ1) is 59.6. The molecule has 0 heterocycles. The molecule has 0 saturated heterocycles. The highest BCUT2D eigenvalue weighted by atomic mass is 16.6. The summed E-state index contributed by atoms with van der Waals surface area (Å²) in [4.78, 5) is 38.0. The number of ether oxygens (including phenoxy) is 3. The van der Waals surface area contributed by atoms with Gasteiger partial charge in [-0.3, -0.25) is 14.4 Å². The van der Waals surface area contributed by atoms with Crippen LogP contribution < -0.4 is 0 Å². The lowest BCUT2D eigenvalue weighted by molar-refractivity contribution is -0.167. The van der Waals surface area contributed by atoms with E-state index >= 15 is 0 Å². The zero-order valence-corrected chi connectivity index (χ0v) is 41.1. The molecule has 0 amide bonds. The molecule has 0 aromatic rings. The smallest absolute Gasteiger partial charge is 0.306 e. The Balaban J connectivity index is 4.50. The fourth-order valence-electron chi connectivity index (χ4n) is 6.86. The van der Waals surface area contributed by atoms with Gasteiger partial charge in [0.15, 0.2) is 6.10 Å². The van der Waals surface area contributed by atoms with Gasteiger partial charge in [0, 0.05) is 19.3 Å². The first-order valence-corrected chi connectivity index (χ1v) is 26.1. The Labute approximate surface area is 388 Å². The molecule has 0 fully saturated rings. The minimum absolute atomic E-state index is 0.102. The number of hydrogen-bond donors (Lipinski definition) is 0. The van der Waals surface area contributed by atoms with Crippen LogP contribution in [0.3, 0.4) is 0 Å². The molecular weight excluding hydrogens is 781 g/mol. The van der Waals surface area contributed by atoms with E-state index in [9.17, 15) is 14.4 Å². The van der Waals surface area contributed by atoms with Crippen LogP contribution in [0.25, 0.3) is 0 Å². The maximum atomic E-state index is 12.8. The molecule has 63 heavy (non-hydrogen) atoms. The van der Waals surface area contributed by atoms with Crippen molar-refractivity contribution in [2.75, 3.05) is 13.2 Å². The Bertz CT molecular complexity index is 1240. The van der Waals surface area contributed by atoms with Gasteiger partial charge in [0.05, 0.1) is 0 Å². The summed E-state index contributed by atoms with van der Waals surface area (Å²) in [5, 5.41) is 0. The Morgan fingerprint density at radius 2 is 0.571 bits per heavy atom. The van der Waals surface area contributed by atoms with Gasteiger partial charge in [-0.1, -0.05) is 183 Å².